The maximum absolute atomic E-state index is 8.84. The maximum atomic E-state index is 8.84. The van der Waals surface area contributed by atoms with Gasteiger partial charge in [-0.15, -0.1) is 0 Å². The summed E-state index contributed by atoms with van der Waals surface area (Å²) < 4.78 is 0. The van der Waals surface area contributed by atoms with Crippen LogP contribution in [0.3, 0.4) is 0 Å². The fraction of sp³-hybridized carbons (Fsp3) is 0.429. The molecule has 1 aliphatic heterocycles. The number of hydrogen-bond donors (Lipinski definition) is 3. The third-order valence-electron chi connectivity index (χ3n) is 2.99. The largest absolute Gasteiger partial charge is 0.395 e. The van der Waals surface area contributed by atoms with Gasteiger partial charge >= 0.3 is 0 Å². The molecule has 0 amide bonds. The molecule has 1 aromatic heterocycles. The van der Waals surface area contributed by atoms with E-state index in [1.54, 1.807) is 6.20 Å². The monoisotopic (exact) mass is 326 g/mol. The first-order valence-electron chi connectivity index (χ1n) is 6.94. The molecule has 4 N–H and O–H groups in total. The van der Waals surface area contributed by atoms with Gasteiger partial charge in [-0.05, 0) is 6.20 Å². The number of hydrogen-bond acceptors (Lipinski definition) is 7. The van der Waals surface area contributed by atoms with Crippen molar-refractivity contribution in [1.29, 1.82) is 0 Å². The van der Waals surface area contributed by atoms with Crippen molar-refractivity contribution in [3.05, 3.63) is 42.7 Å². The van der Waals surface area contributed by atoms with Gasteiger partial charge in [0.2, 0.25) is 0 Å². The van der Waals surface area contributed by atoms with Crippen molar-refractivity contribution in [2.45, 2.75) is 0 Å². The molecule has 0 radical (unpaired) electrons. The molecule has 0 aromatic carbocycles. The van der Waals surface area contributed by atoms with Gasteiger partial charge in [-0.2, -0.15) is 0 Å². The van der Waals surface area contributed by atoms with E-state index >= 15 is 0 Å². The molecule has 1 aromatic rings. The van der Waals surface area contributed by atoms with Crippen LogP contribution >= 0.6 is 11.6 Å². The number of rotatable bonds is 5. The third kappa shape index (κ3) is 6.75. The molecule has 0 spiro atoms. The van der Waals surface area contributed by atoms with Crippen molar-refractivity contribution in [3.63, 3.8) is 0 Å². The molecule has 0 atom stereocenters. The SMILES string of the molecule is C=CNC(=C)N.OCCN1CCN(c2cncc(Cl)n2)CC1. The minimum Gasteiger partial charge on any atom is -0.395 e. The number of aliphatic hydroxyl groups is 1. The average Bonchev–Trinajstić information content (AvgIpc) is 2.49. The van der Waals surface area contributed by atoms with E-state index in [1.165, 1.54) is 12.4 Å². The number of anilines is 1. The topological polar surface area (TPSA) is 90.5 Å². The molecule has 1 saturated heterocycles. The lowest BCUT2D eigenvalue weighted by Crippen LogP contribution is -2.47. The van der Waals surface area contributed by atoms with E-state index < -0.39 is 0 Å². The Hall–Kier alpha value is -1.83. The van der Waals surface area contributed by atoms with Gasteiger partial charge in [0.05, 0.1) is 24.8 Å². The summed E-state index contributed by atoms with van der Waals surface area (Å²) in [6, 6.07) is 0. The van der Waals surface area contributed by atoms with Crippen molar-refractivity contribution in [3.8, 4) is 0 Å². The number of piperazine rings is 1. The minimum atomic E-state index is 0.219. The van der Waals surface area contributed by atoms with Crippen LogP contribution in [-0.2, 0) is 0 Å². The molecule has 122 valence electrons. The molecule has 0 aliphatic carbocycles. The Balaban J connectivity index is 0.000000346. The molecule has 7 nitrogen and oxygen atoms in total. The summed E-state index contributed by atoms with van der Waals surface area (Å²) in [5.41, 5.74) is 5.03. The molecule has 22 heavy (non-hydrogen) atoms. The Morgan fingerprint density at radius 2 is 2.09 bits per heavy atom. The zero-order chi connectivity index (χ0) is 16.4. The third-order valence-corrected chi connectivity index (χ3v) is 3.17. The summed E-state index contributed by atoms with van der Waals surface area (Å²) in [6.07, 6.45) is 4.74. The highest BCUT2D eigenvalue weighted by Crippen LogP contribution is 2.14. The Morgan fingerprint density at radius 3 is 2.55 bits per heavy atom. The molecule has 0 unspecified atom stereocenters. The smallest absolute Gasteiger partial charge is 0.149 e. The van der Waals surface area contributed by atoms with Gasteiger partial charge in [0.25, 0.3) is 0 Å². The van der Waals surface area contributed by atoms with E-state index in [0.717, 1.165) is 38.5 Å². The Morgan fingerprint density at radius 1 is 1.41 bits per heavy atom. The van der Waals surface area contributed by atoms with E-state index in [4.69, 9.17) is 22.4 Å². The molecular formula is C14H23ClN6O. The number of β-amino-alcohol motifs (C(OH)–C–C–N with tert-alkyl or cyclic N) is 1. The van der Waals surface area contributed by atoms with Crippen LogP contribution in [0.1, 0.15) is 0 Å². The lowest BCUT2D eigenvalue weighted by Gasteiger charge is -2.34. The zero-order valence-electron chi connectivity index (χ0n) is 12.6. The van der Waals surface area contributed by atoms with Gasteiger partial charge in [-0.3, -0.25) is 9.88 Å². The molecule has 0 saturated carbocycles. The average molecular weight is 327 g/mol. The highest BCUT2D eigenvalue weighted by molar-refractivity contribution is 6.29. The standard InChI is InChI=1S/C10H15ClN4O.C4H8N2/c11-9-7-12-8-10(13-9)15-3-1-14(2-4-15)5-6-16;1-3-6-4(2)5/h7-8,16H,1-6H2;3,6H,1-2,5H2. The number of nitrogens with one attached hydrogen (secondary N) is 1. The highest BCUT2D eigenvalue weighted by atomic mass is 35.5. The van der Waals surface area contributed by atoms with Crippen LogP contribution in [0.25, 0.3) is 0 Å². The van der Waals surface area contributed by atoms with Crippen LogP contribution < -0.4 is 16.0 Å². The van der Waals surface area contributed by atoms with Gasteiger partial charge in [0, 0.05) is 32.7 Å². The normalized spacial score (nSPS) is 14.7. The summed E-state index contributed by atoms with van der Waals surface area (Å²) in [4.78, 5) is 12.6. The maximum Gasteiger partial charge on any atom is 0.149 e. The summed E-state index contributed by atoms with van der Waals surface area (Å²) in [7, 11) is 0. The van der Waals surface area contributed by atoms with E-state index in [1.807, 2.05) is 0 Å². The molecule has 1 fully saturated rings. The zero-order valence-corrected chi connectivity index (χ0v) is 13.3. The summed E-state index contributed by atoms with van der Waals surface area (Å²) in [5, 5.41) is 11.8. The number of nitrogens with zero attached hydrogens (tertiary/aromatic N) is 4. The summed E-state index contributed by atoms with van der Waals surface area (Å²) >= 11 is 5.80. The Kier molecular flexibility index (Phi) is 8.27. The first-order valence-corrected chi connectivity index (χ1v) is 7.32. The van der Waals surface area contributed by atoms with Crippen molar-refractivity contribution in [2.24, 2.45) is 5.73 Å². The number of halogens is 1. The number of aromatic nitrogens is 2. The first kappa shape index (κ1) is 18.2. The second-order valence-electron chi connectivity index (χ2n) is 4.63. The van der Waals surface area contributed by atoms with E-state index in [-0.39, 0.29) is 6.61 Å². The van der Waals surface area contributed by atoms with Crippen LogP contribution in [0.2, 0.25) is 5.15 Å². The van der Waals surface area contributed by atoms with E-state index in [2.05, 4.69) is 38.2 Å². The second-order valence-corrected chi connectivity index (χ2v) is 5.01. The quantitative estimate of drug-likeness (QED) is 0.721. The van der Waals surface area contributed by atoms with Crippen LogP contribution in [0.15, 0.2) is 37.6 Å². The molecule has 2 rings (SSSR count). The van der Waals surface area contributed by atoms with Crippen LogP contribution in [0.4, 0.5) is 5.82 Å². The van der Waals surface area contributed by atoms with Crippen molar-refractivity contribution < 1.29 is 5.11 Å². The summed E-state index contributed by atoms with van der Waals surface area (Å²) in [6.45, 7) is 11.3. The molecule has 0 bridgehead atoms. The van der Waals surface area contributed by atoms with Gasteiger partial charge in [0.15, 0.2) is 0 Å². The van der Waals surface area contributed by atoms with E-state index in [9.17, 15) is 0 Å². The fourth-order valence-electron chi connectivity index (χ4n) is 1.96. The van der Waals surface area contributed by atoms with Gasteiger partial charge < -0.3 is 21.1 Å². The predicted molar refractivity (Wildman–Crippen MR) is 89.4 cm³/mol. The Bertz CT molecular complexity index is 476. The van der Waals surface area contributed by atoms with Crippen molar-refractivity contribution >= 4 is 17.4 Å². The molecular weight excluding hydrogens is 304 g/mol. The van der Waals surface area contributed by atoms with Crippen molar-refractivity contribution in [2.75, 3.05) is 44.2 Å². The predicted octanol–water partition coefficient (Wildman–Crippen LogP) is 0.394. The lowest BCUT2D eigenvalue weighted by molar-refractivity contribution is 0.188. The van der Waals surface area contributed by atoms with Gasteiger partial charge in [0.1, 0.15) is 11.0 Å². The molecule has 8 heteroatoms. The fourth-order valence-corrected chi connectivity index (χ4v) is 2.10. The van der Waals surface area contributed by atoms with E-state index in [0.29, 0.717) is 11.0 Å². The van der Waals surface area contributed by atoms with Gasteiger partial charge in [-0.1, -0.05) is 24.8 Å². The van der Waals surface area contributed by atoms with Crippen LogP contribution in [0, 0.1) is 0 Å². The summed E-state index contributed by atoms with van der Waals surface area (Å²) in [5.74, 6) is 1.25. The molecule has 2 heterocycles. The minimum absolute atomic E-state index is 0.219. The first-order chi connectivity index (χ1) is 10.6. The number of aliphatic hydroxyl groups excluding tert-OH is 1. The van der Waals surface area contributed by atoms with Crippen LogP contribution in [0.5, 0.6) is 0 Å². The van der Waals surface area contributed by atoms with Gasteiger partial charge in [-0.25, -0.2) is 4.98 Å². The Labute approximate surface area is 136 Å². The van der Waals surface area contributed by atoms with Crippen molar-refractivity contribution in [1.82, 2.24) is 20.2 Å². The number of nitrogens with two attached hydrogens (primary N) is 1. The molecule has 1 aliphatic rings. The second kappa shape index (κ2) is 9.99. The lowest BCUT2D eigenvalue weighted by atomic mass is 10.3. The highest BCUT2D eigenvalue weighted by Gasteiger charge is 2.17. The van der Waals surface area contributed by atoms with Crippen LogP contribution in [-0.4, -0.2) is 59.3 Å².